The highest BCUT2D eigenvalue weighted by atomic mass is 32.1. The Balaban J connectivity index is 1.19. The fourth-order valence-corrected chi connectivity index (χ4v) is 11.1. The molecular weight excluding hydrogens is 715 g/mol. The Morgan fingerprint density at radius 1 is 0.411 bits per heavy atom. The summed E-state index contributed by atoms with van der Waals surface area (Å²) < 4.78 is 7.41. The molecule has 0 amide bonds. The smallest absolute Gasteiger partial charge is 0.164 e. The quantitative estimate of drug-likeness (QED) is 0.256. The molecule has 0 aliphatic carbocycles. The fraction of sp³-hybridized carbons (Fsp3) is 0. The molecule has 0 fully saturated rings. The van der Waals surface area contributed by atoms with Gasteiger partial charge in [-0.1, -0.05) is 83.7 Å². The van der Waals surface area contributed by atoms with E-state index in [0.717, 1.165) is 16.7 Å². The van der Waals surface area contributed by atoms with Crippen molar-refractivity contribution in [3.05, 3.63) is 127 Å². The zero-order chi connectivity index (χ0) is 37.8. The lowest BCUT2D eigenvalue weighted by Gasteiger charge is -2.20. The molecule has 11 rings (SSSR count). The van der Waals surface area contributed by atoms with Gasteiger partial charge in [-0.3, -0.25) is 0 Å². The molecule has 4 aromatic heterocycles. The molecule has 0 radical (unpaired) electrons. The summed E-state index contributed by atoms with van der Waals surface area (Å²) in [6, 6.07) is 46.1. The number of thiophene rings is 2. The highest BCUT2D eigenvalue weighted by Gasteiger charge is 2.22. The van der Waals surface area contributed by atoms with Crippen molar-refractivity contribution in [3.8, 4) is 39.9 Å². The van der Waals surface area contributed by atoms with E-state index in [2.05, 4.69) is 171 Å². The number of fused-ring (bicyclic) bond motifs is 9. The number of benzene rings is 7. The van der Waals surface area contributed by atoms with Gasteiger partial charge < -0.3 is 4.57 Å². The monoisotopic (exact) mass is 746 g/mol. The molecule has 0 N–H and O–H groups in total. The first-order valence-electron chi connectivity index (χ1n) is 19.0. The van der Waals surface area contributed by atoms with Crippen LogP contribution in [0.4, 0.5) is 0 Å². The second kappa shape index (κ2) is 12.6. The molecule has 0 aliphatic rings. The zero-order valence-electron chi connectivity index (χ0n) is 31.7. The van der Waals surface area contributed by atoms with Crippen molar-refractivity contribution >= 4 is 151 Å². The van der Waals surface area contributed by atoms with Crippen molar-refractivity contribution in [2.75, 3.05) is 0 Å². The van der Waals surface area contributed by atoms with E-state index in [1.165, 1.54) is 95.2 Å². The van der Waals surface area contributed by atoms with Crippen LogP contribution >= 0.6 is 22.7 Å². The third-order valence-corrected chi connectivity index (χ3v) is 14.3. The summed E-state index contributed by atoms with van der Waals surface area (Å²) in [5.41, 5.74) is 13.0. The number of hydrogen-bond acceptors (Lipinski definition) is 5. The number of aromatic nitrogens is 4. The predicted octanol–water partition coefficient (Wildman–Crippen LogP) is 4.00. The minimum atomic E-state index is 0.673. The molecule has 0 aliphatic heterocycles. The topological polar surface area (TPSA) is 43.6 Å². The molecule has 11 aromatic rings. The summed E-state index contributed by atoms with van der Waals surface area (Å²) in [6.45, 7) is 0. The predicted molar refractivity (Wildman–Crippen MR) is 257 cm³/mol. The van der Waals surface area contributed by atoms with Crippen LogP contribution in [0.5, 0.6) is 0 Å². The van der Waals surface area contributed by atoms with E-state index in [1.807, 2.05) is 22.7 Å². The van der Waals surface area contributed by atoms with Crippen LogP contribution < -0.4 is 27.3 Å². The van der Waals surface area contributed by atoms with Crippen LogP contribution in [0.3, 0.4) is 0 Å². The molecule has 0 spiro atoms. The van der Waals surface area contributed by atoms with E-state index < -0.39 is 0 Å². The maximum absolute atomic E-state index is 5.37. The first-order valence-corrected chi connectivity index (χ1v) is 20.7. The molecule has 0 saturated heterocycles. The molecule has 4 heterocycles. The molecule has 56 heavy (non-hydrogen) atoms. The van der Waals surface area contributed by atoms with E-state index >= 15 is 0 Å². The second-order valence-corrected chi connectivity index (χ2v) is 17.1. The van der Waals surface area contributed by atoms with Crippen molar-refractivity contribution in [3.63, 3.8) is 0 Å². The van der Waals surface area contributed by atoms with Crippen LogP contribution in [0, 0.1) is 0 Å². The van der Waals surface area contributed by atoms with Gasteiger partial charge in [-0.15, -0.1) is 39.1 Å². The molecule has 11 heteroatoms. The van der Waals surface area contributed by atoms with Gasteiger partial charge in [0.15, 0.2) is 17.5 Å². The van der Waals surface area contributed by atoms with Crippen LogP contribution in [0.15, 0.2) is 127 Å². The van der Waals surface area contributed by atoms with Crippen LogP contribution in [0.2, 0.25) is 0 Å². The third kappa shape index (κ3) is 4.87. The lowest BCUT2D eigenvalue weighted by Crippen LogP contribution is -2.55. The van der Waals surface area contributed by atoms with Gasteiger partial charge in [0.2, 0.25) is 0 Å². The number of hydrogen-bond donors (Lipinski definition) is 0. The van der Waals surface area contributed by atoms with E-state index in [1.54, 1.807) is 0 Å². The summed E-state index contributed by atoms with van der Waals surface area (Å²) in [5.74, 6) is 2.07. The van der Waals surface area contributed by atoms with Crippen molar-refractivity contribution in [2.24, 2.45) is 0 Å². The second-order valence-electron chi connectivity index (χ2n) is 14.9. The number of para-hydroxylation sites is 2. The Bertz CT molecular complexity index is 3380. The summed E-state index contributed by atoms with van der Waals surface area (Å²) in [7, 11) is 11.1. The molecule has 258 valence electrons. The largest absolute Gasteiger partial charge is 0.309 e. The molecule has 0 bridgehead atoms. The van der Waals surface area contributed by atoms with Crippen LogP contribution in [0.1, 0.15) is 0 Å². The van der Waals surface area contributed by atoms with Gasteiger partial charge in [0, 0.05) is 67.8 Å². The molecule has 4 nitrogen and oxygen atoms in total. The van der Waals surface area contributed by atoms with Gasteiger partial charge in [0.25, 0.3) is 0 Å². The highest BCUT2D eigenvalue weighted by Crippen LogP contribution is 2.43. The van der Waals surface area contributed by atoms with Gasteiger partial charge in [-0.25, -0.2) is 15.0 Å². The maximum Gasteiger partial charge on any atom is 0.164 e. The normalized spacial score (nSPS) is 11.9. The Morgan fingerprint density at radius 3 is 1.66 bits per heavy atom. The molecule has 7 aromatic carbocycles. The Labute approximate surface area is 336 Å². The van der Waals surface area contributed by atoms with E-state index in [0.29, 0.717) is 17.5 Å². The van der Waals surface area contributed by atoms with Crippen molar-refractivity contribution in [1.29, 1.82) is 0 Å². The molecule has 0 saturated carbocycles. The van der Waals surface area contributed by atoms with Crippen LogP contribution in [0.25, 0.3) is 102 Å². The third-order valence-electron chi connectivity index (χ3n) is 12.1. The van der Waals surface area contributed by atoms with Crippen molar-refractivity contribution < 1.29 is 0 Å². The lowest BCUT2D eigenvalue weighted by molar-refractivity contribution is 1.08. The van der Waals surface area contributed by atoms with Gasteiger partial charge >= 0.3 is 0 Å². The van der Waals surface area contributed by atoms with Gasteiger partial charge in [-0.2, -0.15) is 0 Å². The number of rotatable bonds is 4. The maximum atomic E-state index is 5.37. The summed E-state index contributed by atoms with van der Waals surface area (Å²) in [4.78, 5) is 16.1. The minimum absolute atomic E-state index is 0.673. The standard InChI is InChI=1S/C45H31B5N4S2/c46-38-37(39(47)41(49)42(50)40(38)48)45-52-43(51-44(53-45)26-12-7-17-33-35(26)25-11-3-6-16-31(25)55-33)22-19-20-32-27(21-22)36-30(15-8-18-34(36)56-32)54-28-13-4-1-9-23(28)24-10-2-5-14-29(24)54/h1-21H,46-50H2. The Hall–Kier alpha value is -5.89. The highest BCUT2D eigenvalue weighted by molar-refractivity contribution is 7.26. The van der Waals surface area contributed by atoms with E-state index in [9.17, 15) is 0 Å². The van der Waals surface area contributed by atoms with Crippen molar-refractivity contribution in [1.82, 2.24) is 19.5 Å². The Morgan fingerprint density at radius 2 is 0.946 bits per heavy atom. The fourth-order valence-electron chi connectivity index (χ4n) is 8.85. The van der Waals surface area contributed by atoms with Gasteiger partial charge in [0.1, 0.15) is 39.2 Å². The Kier molecular flexibility index (Phi) is 7.51. The summed E-state index contributed by atoms with van der Waals surface area (Å²) in [6.07, 6.45) is 0. The zero-order valence-corrected chi connectivity index (χ0v) is 33.4. The first kappa shape index (κ1) is 33.5. The van der Waals surface area contributed by atoms with Crippen LogP contribution in [-0.2, 0) is 0 Å². The molecule has 0 atom stereocenters. The van der Waals surface area contributed by atoms with E-state index in [4.69, 9.17) is 15.0 Å². The summed E-state index contributed by atoms with van der Waals surface area (Å²) in [5, 5.41) is 7.36. The average Bonchev–Trinajstić information content (AvgIpc) is 3.91. The van der Waals surface area contributed by atoms with Crippen LogP contribution in [-0.4, -0.2) is 58.8 Å². The van der Waals surface area contributed by atoms with Crippen molar-refractivity contribution in [2.45, 2.75) is 0 Å². The van der Waals surface area contributed by atoms with Gasteiger partial charge in [0.05, 0.1) is 16.7 Å². The molecule has 0 unspecified atom stereocenters. The number of nitrogens with zero attached hydrogens (tertiary/aromatic N) is 4. The molecular formula is C45H31B5N4S2. The minimum Gasteiger partial charge on any atom is -0.309 e. The summed E-state index contributed by atoms with van der Waals surface area (Å²) >= 11 is 3.65. The van der Waals surface area contributed by atoms with Gasteiger partial charge in [-0.05, 0) is 54.6 Å². The average molecular weight is 746 g/mol. The SMILES string of the molecule is Bc1c(B)c(B)c(-c2nc(-c3ccc4sc5cccc(-n6c7ccccc7c7ccccc76)c5c4c3)nc(-c3cccc4sc5ccccc5c34)n2)c(B)c1B. The first-order chi connectivity index (χ1) is 27.4. The van der Waals surface area contributed by atoms with E-state index in [-0.39, 0.29) is 0 Å². The lowest BCUT2D eigenvalue weighted by atomic mass is 9.60.